The summed E-state index contributed by atoms with van der Waals surface area (Å²) < 4.78 is 21.0. The summed E-state index contributed by atoms with van der Waals surface area (Å²) in [5, 5.41) is 10.5. The first-order valence-electron chi connectivity index (χ1n) is 9.88. The van der Waals surface area contributed by atoms with Crippen molar-refractivity contribution in [2.45, 2.75) is 19.9 Å². The van der Waals surface area contributed by atoms with Crippen LogP contribution < -0.4 is 4.74 Å². The summed E-state index contributed by atoms with van der Waals surface area (Å²) in [6, 6.07) is 21.0. The molecule has 0 aliphatic carbocycles. The minimum absolute atomic E-state index is 0.125. The highest BCUT2D eigenvalue weighted by atomic mass is 19.1. The van der Waals surface area contributed by atoms with Crippen LogP contribution in [0.5, 0.6) is 5.75 Å². The van der Waals surface area contributed by atoms with Crippen molar-refractivity contribution in [3.05, 3.63) is 89.9 Å². The summed E-state index contributed by atoms with van der Waals surface area (Å²) in [7, 11) is 0. The van der Waals surface area contributed by atoms with Crippen molar-refractivity contribution < 1.29 is 14.2 Å². The lowest BCUT2D eigenvalue weighted by Crippen LogP contribution is -1.98. The van der Waals surface area contributed by atoms with Crippen molar-refractivity contribution in [1.29, 1.82) is 0 Å². The molecule has 1 N–H and O–H groups in total. The number of hydrogen-bond acceptors (Lipinski definition) is 2. The fourth-order valence-electron chi connectivity index (χ4n) is 3.67. The van der Waals surface area contributed by atoms with E-state index in [-0.39, 0.29) is 12.4 Å². The molecule has 0 amide bonds. The van der Waals surface area contributed by atoms with Crippen molar-refractivity contribution >= 4 is 10.9 Å². The molecule has 4 rings (SSSR count). The van der Waals surface area contributed by atoms with Crippen LogP contribution in [0.15, 0.2) is 72.9 Å². The van der Waals surface area contributed by atoms with Gasteiger partial charge in [-0.05, 0) is 66.4 Å². The maximum absolute atomic E-state index is 13.3. The van der Waals surface area contributed by atoms with Crippen LogP contribution in [-0.4, -0.2) is 22.9 Å². The molecule has 0 spiro atoms. The number of aliphatic hydroxyl groups is 1. The fourth-order valence-corrected chi connectivity index (χ4v) is 3.67. The molecule has 4 heteroatoms. The van der Waals surface area contributed by atoms with E-state index < -0.39 is 0 Å². The van der Waals surface area contributed by atoms with Gasteiger partial charge in [-0.2, -0.15) is 0 Å². The highest BCUT2D eigenvalue weighted by Crippen LogP contribution is 2.33. The molecule has 0 bridgehead atoms. The Balaban J connectivity index is 1.79. The van der Waals surface area contributed by atoms with Gasteiger partial charge in [0.15, 0.2) is 0 Å². The third-order valence-corrected chi connectivity index (χ3v) is 5.09. The van der Waals surface area contributed by atoms with E-state index in [2.05, 4.69) is 41.1 Å². The van der Waals surface area contributed by atoms with Crippen LogP contribution in [0.3, 0.4) is 0 Å². The van der Waals surface area contributed by atoms with Crippen molar-refractivity contribution in [3.8, 4) is 16.9 Å². The summed E-state index contributed by atoms with van der Waals surface area (Å²) >= 11 is 0. The molecule has 0 atom stereocenters. The molecule has 4 aromatic rings. The number of aliphatic hydroxyl groups excluding tert-OH is 1. The fraction of sp³-hybridized carbons (Fsp3) is 0.200. The number of halogens is 1. The Morgan fingerprint density at radius 1 is 0.931 bits per heavy atom. The van der Waals surface area contributed by atoms with Crippen LogP contribution in [0.2, 0.25) is 0 Å². The first-order valence-corrected chi connectivity index (χ1v) is 9.88. The summed E-state index contributed by atoms with van der Waals surface area (Å²) in [4.78, 5) is 0. The van der Waals surface area contributed by atoms with Crippen LogP contribution in [0, 0.1) is 5.82 Å². The summed E-state index contributed by atoms with van der Waals surface area (Å²) in [6.07, 6.45) is 2.77. The molecule has 1 aromatic heterocycles. The Kier molecular flexibility index (Phi) is 5.63. The normalized spacial score (nSPS) is 11.1. The molecule has 0 aliphatic rings. The zero-order chi connectivity index (χ0) is 20.2. The molecule has 0 radical (unpaired) electrons. The van der Waals surface area contributed by atoms with Crippen LogP contribution >= 0.6 is 0 Å². The van der Waals surface area contributed by atoms with Gasteiger partial charge in [-0.15, -0.1) is 0 Å². The van der Waals surface area contributed by atoms with Gasteiger partial charge in [0.1, 0.15) is 11.6 Å². The second kappa shape index (κ2) is 8.50. The number of ether oxygens (including phenoxy) is 1. The maximum atomic E-state index is 13.3. The highest BCUT2D eigenvalue weighted by Gasteiger charge is 2.12. The van der Waals surface area contributed by atoms with E-state index in [1.165, 1.54) is 12.1 Å². The zero-order valence-corrected chi connectivity index (χ0v) is 16.4. The second-order valence-corrected chi connectivity index (χ2v) is 7.08. The molecule has 1 heterocycles. The number of nitrogens with zero attached hydrogens (tertiary/aromatic N) is 1. The molecular formula is C25H24FNO2. The van der Waals surface area contributed by atoms with Gasteiger partial charge in [-0.3, -0.25) is 0 Å². The molecule has 29 heavy (non-hydrogen) atoms. The quantitative estimate of drug-likeness (QED) is 0.457. The number of fused-ring (bicyclic) bond motifs is 1. The van der Waals surface area contributed by atoms with Gasteiger partial charge in [0, 0.05) is 35.8 Å². The van der Waals surface area contributed by atoms with Gasteiger partial charge in [0.25, 0.3) is 0 Å². The molecule has 0 aliphatic heterocycles. The molecule has 0 saturated carbocycles. The van der Waals surface area contributed by atoms with E-state index in [4.69, 9.17) is 4.74 Å². The maximum Gasteiger partial charge on any atom is 0.123 e. The minimum atomic E-state index is -0.227. The van der Waals surface area contributed by atoms with Crippen LogP contribution in [-0.2, 0) is 13.0 Å². The van der Waals surface area contributed by atoms with E-state index in [1.807, 2.05) is 31.2 Å². The average Bonchev–Trinajstić information content (AvgIpc) is 3.08. The van der Waals surface area contributed by atoms with Crippen molar-refractivity contribution in [3.63, 3.8) is 0 Å². The van der Waals surface area contributed by atoms with Crippen LogP contribution in [0.25, 0.3) is 22.0 Å². The average molecular weight is 389 g/mol. The largest absolute Gasteiger partial charge is 0.494 e. The first-order chi connectivity index (χ1) is 14.2. The van der Waals surface area contributed by atoms with Crippen molar-refractivity contribution in [2.75, 3.05) is 13.2 Å². The summed E-state index contributed by atoms with van der Waals surface area (Å²) in [5.74, 6) is 0.627. The highest BCUT2D eigenvalue weighted by molar-refractivity contribution is 5.96. The molecule has 0 saturated heterocycles. The predicted molar refractivity (Wildman–Crippen MR) is 115 cm³/mol. The standard InChI is InChI=1S/C25H24FNO2/c1-2-29-22-10-6-20(7-11-22)24-17-27(16-19-3-8-21(26)9-4-19)25-12-5-18(13-14-28)15-23(24)25/h3-12,15,17,28H,2,13-14,16H2,1H3. The number of aromatic nitrogens is 1. The SMILES string of the molecule is CCOc1ccc(-c2cn(Cc3ccc(F)cc3)c3ccc(CCO)cc23)cc1. The van der Waals surface area contributed by atoms with Gasteiger partial charge >= 0.3 is 0 Å². The van der Waals surface area contributed by atoms with Gasteiger partial charge < -0.3 is 14.4 Å². The second-order valence-electron chi connectivity index (χ2n) is 7.08. The summed E-state index contributed by atoms with van der Waals surface area (Å²) in [5.41, 5.74) is 5.50. The van der Waals surface area contributed by atoms with Gasteiger partial charge in [-0.1, -0.05) is 30.3 Å². The number of benzene rings is 3. The Morgan fingerprint density at radius 2 is 1.66 bits per heavy atom. The Bertz CT molecular complexity index is 1100. The van der Waals surface area contributed by atoms with Gasteiger partial charge in [0.05, 0.1) is 6.61 Å². The third kappa shape index (κ3) is 4.17. The molecule has 3 nitrogen and oxygen atoms in total. The minimum Gasteiger partial charge on any atom is -0.494 e. The van der Waals surface area contributed by atoms with E-state index in [9.17, 15) is 9.50 Å². The lowest BCUT2D eigenvalue weighted by molar-refractivity contribution is 0.299. The zero-order valence-electron chi connectivity index (χ0n) is 16.4. The third-order valence-electron chi connectivity index (χ3n) is 5.09. The smallest absolute Gasteiger partial charge is 0.123 e. The number of hydrogen-bond donors (Lipinski definition) is 1. The molecule has 3 aromatic carbocycles. The summed E-state index contributed by atoms with van der Waals surface area (Å²) in [6.45, 7) is 3.40. The van der Waals surface area contributed by atoms with E-state index in [0.29, 0.717) is 19.6 Å². The molecular weight excluding hydrogens is 365 g/mol. The Hall–Kier alpha value is -3.11. The van der Waals surface area contributed by atoms with E-state index >= 15 is 0 Å². The number of rotatable bonds is 7. The van der Waals surface area contributed by atoms with Crippen molar-refractivity contribution in [2.24, 2.45) is 0 Å². The van der Waals surface area contributed by atoms with E-state index in [1.54, 1.807) is 0 Å². The van der Waals surface area contributed by atoms with Gasteiger partial charge in [0.2, 0.25) is 0 Å². The molecule has 148 valence electrons. The Labute approximate surface area is 170 Å². The Morgan fingerprint density at radius 3 is 2.34 bits per heavy atom. The monoisotopic (exact) mass is 389 g/mol. The lowest BCUT2D eigenvalue weighted by Gasteiger charge is -2.06. The van der Waals surface area contributed by atoms with Crippen LogP contribution in [0.4, 0.5) is 4.39 Å². The van der Waals surface area contributed by atoms with E-state index in [0.717, 1.165) is 38.9 Å². The lowest BCUT2D eigenvalue weighted by atomic mass is 10.0. The van der Waals surface area contributed by atoms with Gasteiger partial charge in [-0.25, -0.2) is 4.39 Å². The van der Waals surface area contributed by atoms with Crippen molar-refractivity contribution in [1.82, 2.24) is 4.57 Å². The molecule has 0 unspecified atom stereocenters. The predicted octanol–water partition coefficient (Wildman–Crippen LogP) is 5.43. The topological polar surface area (TPSA) is 34.4 Å². The molecule has 0 fully saturated rings. The first kappa shape index (κ1) is 19.2. The van der Waals surface area contributed by atoms with Crippen LogP contribution in [0.1, 0.15) is 18.1 Å².